The zero-order chi connectivity index (χ0) is 16.7. The van der Waals surface area contributed by atoms with Gasteiger partial charge in [0.05, 0.1) is 10.6 Å². The summed E-state index contributed by atoms with van der Waals surface area (Å²) >= 11 is 0. The van der Waals surface area contributed by atoms with Crippen LogP contribution in [0, 0.1) is 0 Å². The first kappa shape index (κ1) is 15.2. The highest BCUT2D eigenvalue weighted by Crippen LogP contribution is 2.37. The zero-order valence-electron chi connectivity index (χ0n) is 13.0. The number of hydrogen-bond donors (Lipinski definition) is 1. The Kier molecular flexibility index (Phi) is 3.58. The van der Waals surface area contributed by atoms with Crippen molar-refractivity contribution in [1.29, 1.82) is 0 Å². The Labute approximate surface area is 140 Å². The van der Waals surface area contributed by atoms with Gasteiger partial charge in [-0.15, -0.1) is 0 Å². The van der Waals surface area contributed by atoms with Crippen LogP contribution in [0.2, 0.25) is 0 Å². The molecule has 0 bridgehead atoms. The molecule has 2 N–H and O–H groups in total. The lowest BCUT2D eigenvalue weighted by Gasteiger charge is -2.24. The molecule has 5 nitrogen and oxygen atoms in total. The van der Waals surface area contributed by atoms with E-state index in [1.165, 1.54) is 6.42 Å². The minimum Gasteiger partial charge on any atom is -0.241 e. The van der Waals surface area contributed by atoms with E-state index in [0.717, 1.165) is 29.4 Å². The van der Waals surface area contributed by atoms with Crippen molar-refractivity contribution in [3.05, 3.63) is 54.5 Å². The summed E-state index contributed by atoms with van der Waals surface area (Å²) in [5.74, 6) is 1.16. The smallest absolute Gasteiger partial charge is 0.238 e. The van der Waals surface area contributed by atoms with Crippen LogP contribution in [0.3, 0.4) is 0 Å². The van der Waals surface area contributed by atoms with Gasteiger partial charge in [0.15, 0.2) is 0 Å². The molecule has 2 aromatic carbocycles. The quantitative estimate of drug-likeness (QED) is 0.794. The standard InChI is InChI=1S/C18H17N3O2S/c19-24(22,23)16-9-8-12-4-1-2-7-14(12)17(16)15-10-11-20-18(21-15)13-5-3-6-13/h1-2,4,7-11,13H,3,5-6H2,(H2,19,22,23). The third-order valence-corrected chi connectivity index (χ3v) is 5.55. The first-order chi connectivity index (χ1) is 11.5. The van der Waals surface area contributed by atoms with Crippen LogP contribution in [0.1, 0.15) is 31.0 Å². The molecule has 6 heteroatoms. The van der Waals surface area contributed by atoms with Crippen LogP contribution in [0.5, 0.6) is 0 Å². The number of nitrogens with two attached hydrogens (primary N) is 1. The number of rotatable bonds is 3. The van der Waals surface area contributed by atoms with E-state index >= 15 is 0 Å². The van der Waals surface area contributed by atoms with Crippen molar-refractivity contribution in [2.75, 3.05) is 0 Å². The van der Waals surface area contributed by atoms with Crippen molar-refractivity contribution < 1.29 is 8.42 Å². The number of hydrogen-bond acceptors (Lipinski definition) is 4. The molecular formula is C18H17N3O2S. The van der Waals surface area contributed by atoms with Gasteiger partial charge in [-0.05, 0) is 35.7 Å². The largest absolute Gasteiger partial charge is 0.241 e. The molecule has 0 atom stereocenters. The number of aromatic nitrogens is 2. The maximum Gasteiger partial charge on any atom is 0.238 e. The number of sulfonamides is 1. The molecule has 4 rings (SSSR count). The summed E-state index contributed by atoms with van der Waals surface area (Å²) in [6.45, 7) is 0. The van der Waals surface area contributed by atoms with Crippen molar-refractivity contribution in [2.24, 2.45) is 5.14 Å². The molecule has 3 aromatic rings. The van der Waals surface area contributed by atoms with Crippen LogP contribution < -0.4 is 5.14 Å². The summed E-state index contributed by atoms with van der Waals surface area (Å²) in [4.78, 5) is 9.12. The van der Waals surface area contributed by atoms with E-state index in [9.17, 15) is 8.42 Å². The summed E-state index contributed by atoms with van der Waals surface area (Å²) in [7, 11) is -3.86. The van der Waals surface area contributed by atoms with Crippen LogP contribution >= 0.6 is 0 Å². The molecule has 1 aromatic heterocycles. The van der Waals surface area contributed by atoms with Gasteiger partial charge in [-0.3, -0.25) is 0 Å². The van der Waals surface area contributed by atoms with E-state index in [2.05, 4.69) is 9.97 Å². The molecule has 122 valence electrons. The van der Waals surface area contributed by atoms with Crippen molar-refractivity contribution in [1.82, 2.24) is 9.97 Å². The second-order valence-corrected chi connectivity index (χ2v) is 7.66. The lowest BCUT2D eigenvalue weighted by atomic mass is 9.85. The van der Waals surface area contributed by atoms with Gasteiger partial charge in [0, 0.05) is 17.7 Å². The van der Waals surface area contributed by atoms with E-state index in [0.29, 0.717) is 17.2 Å². The highest BCUT2D eigenvalue weighted by molar-refractivity contribution is 7.89. The van der Waals surface area contributed by atoms with Gasteiger partial charge in [0.25, 0.3) is 0 Å². The van der Waals surface area contributed by atoms with E-state index in [1.54, 1.807) is 24.4 Å². The number of primary sulfonamides is 1. The Bertz CT molecular complexity index is 1030. The lowest BCUT2D eigenvalue weighted by Crippen LogP contribution is -2.15. The molecule has 1 saturated carbocycles. The summed E-state index contributed by atoms with van der Waals surface area (Å²) in [5.41, 5.74) is 1.16. The first-order valence-corrected chi connectivity index (χ1v) is 9.46. The van der Waals surface area contributed by atoms with Gasteiger partial charge < -0.3 is 0 Å². The summed E-state index contributed by atoms with van der Waals surface area (Å²) in [6, 6.07) is 12.7. The Morgan fingerprint density at radius 1 is 1.04 bits per heavy atom. The maximum absolute atomic E-state index is 12.1. The van der Waals surface area contributed by atoms with Gasteiger partial charge >= 0.3 is 0 Å². The fraction of sp³-hybridized carbons (Fsp3) is 0.222. The van der Waals surface area contributed by atoms with E-state index in [-0.39, 0.29) is 4.90 Å². The third-order valence-electron chi connectivity index (χ3n) is 4.60. The molecule has 1 heterocycles. The van der Waals surface area contributed by atoms with E-state index < -0.39 is 10.0 Å². The lowest BCUT2D eigenvalue weighted by molar-refractivity contribution is 0.401. The van der Waals surface area contributed by atoms with Crippen LogP contribution in [0.4, 0.5) is 0 Å². The van der Waals surface area contributed by atoms with Gasteiger partial charge in [-0.1, -0.05) is 36.8 Å². The predicted molar refractivity (Wildman–Crippen MR) is 92.9 cm³/mol. The Morgan fingerprint density at radius 3 is 2.54 bits per heavy atom. The number of fused-ring (bicyclic) bond motifs is 1. The SMILES string of the molecule is NS(=O)(=O)c1ccc2ccccc2c1-c1ccnc(C2CCC2)n1. The maximum atomic E-state index is 12.1. The van der Waals surface area contributed by atoms with Crippen LogP contribution in [0.15, 0.2) is 53.6 Å². The normalized spacial score (nSPS) is 15.4. The molecular weight excluding hydrogens is 322 g/mol. The van der Waals surface area contributed by atoms with Gasteiger partial charge in [0.1, 0.15) is 5.82 Å². The number of nitrogens with zero attached hydrogens (tertiary/aromatic N) is 2. The van der Waals surface area contributed by atoms with Crippen LogP contribution in [-0.4, -0.2) is 18.4 Å². The van der Waals surface area contributed by atoms with Crippen molar-refractivity contribution in [3.8, 4) is 11.3 Å². The molecule has 0 unspecified atom stereocenters. The number of benzene rings is 2. The summed E-state index contributed by atoms with van der Waals surface area (Å²) < 4.78 is 24.2. The topological polar surface area (TPSA) is 85.9 Å². The summed E-state index contributed by atoms with van der Waals surface area (Å²) in [6.07, 6.45) is 5.06. The molecule has 24 heavy (non-hydrogen) atoms. The highest BCUT2D eigenvalue weighted by Gasteiger charge is 2.24. The van der Waals surface area contributed by atoms with E-state index in [1.807, 2.05) is 24.3 Å². The van der Waals surface area contributed by atoms with Crippen LogP contribution in [-0.2, 0) is 10.0 Å². The minimum atomic E-state index is -3.86. The molecule has 1 aliphatic carbocycles. The average molecular weight is 339 g/mol. The fourth-order valence-electron chi connectivity index (χ4n) is 3.13. The molecule has 1 aliphatic rings. The van der Waals surface area contributed by atoms with Gasteiger partial charge in [-0.25, -0.2) is 23.5 Å². The second-order valence-electron chi connectivity index (χ2n) is 6.13. The molecule has 0 spiro atoms. The molecule has 0 radical (unpaired) electrons. The Morgan fingerprint density at radius 2 is 1.83 bits per heavy atom. The fourth-order valence-corrected chi connectivity index (χ4v) is 3.89. The minimum absolute atomic E-state index is 0.0967. The zero-order valence-corrected chi connectivity index (χ0v) is 13.8. The van der Waals surface area contributed by atoms with Gasteiger partial charge in [0.2, 0.25) is 10.0 Å². The van der Waals surface area contributed by atoms with Crippen molar-refractivity contribution >= 4 is 20.8 Å². The molecule has 1 fully saturated rings. The van der Waals surface area contributed by atoms with E-state index in [4.69, 9.17) is 5.14 Å². The summed E-state index contributed by atoms with van der Waals surface area (Å²) in [5, 5.41) is 7.22. The average Bonchev–Trinajstić information content (AvgIpc) is 2.51. The third kappa shape index (κ3) is 2.57. The molecule has 0 amide bonds. The molecule has 0 saturated heterocycles. The predicted octanol–water partition coefficient (Wildman–Crippen LogP) is 3.21. The monoisotopic (exact) mass is 339 g/mol. The molecule has 0 aliphatic heterocycles. The highest BCUT2D eigenvalue weighted by atomic mass is 32.2. The Balaban J connectivity index is 2.01. The van der Waals surface area contributed by atoms with Crippen molar-refractivity contribution in [2.45, 2.75) is 30.1 Å². The van der Waals surface area contributed by atoms with Crippen LogP contribution in [0.25, 0.3) is 22.0 Å². The Hall–Kier alpha value is -2.31. The van der Waals surface area contributed by atoms with Crippen molar-refractivity contribution in [3.63, 3.8) is 0 Å². The van der Waals surface area contributed by atoms with Gasteiger partial charge in [-0.2, -0.15) is 0 Å². The second kappa shape index (κ2) is 5.65. The first-order valence-electron chi connectivity index (χ1n) is 7.92.